The van der Waals surface area contributed by atoms with E-state index in [0.29, 0.717) is 0 Å². The van der Waals surface area contributed by atoms with Gasteiger partial charge >= 0.3 is 0 Å². The normalized spacial score (nSPS) is 22.5. The van der Waals surface area contributed by atoms with Crippen LogP contribution in [0, 0.1) is 0 Å². The Morgan fingerprint density at radius 2 is 2.10 bits per heavy atom. The molecule has 5 heteroatoms. The Labute approximate surface area is 132 Å². The molecule has 0 aliphatic carbocycles. The molecular weight excluding hydrogens is 282 g/mol. The Kier molecular flexibility index (Phi) is 6.21. The van der Waals surface area contributed by atoms with Crippen molar-refractivity contribution in [3.8, 4) is 0 Å². The van der Waals surface area contributed by atoms with E-state index in [1.165, 1.54) is 4.88 Å². The molecule has 21 heavy (non-hydrogen) atoms. The zero-order valence-electron chi connectivity index (χ0n) is 13.3. The van der Waals surface area contributed by atoms with Gasteiger partial charge in [-0.3, -0.25) is 10.1 Å². The summed E-state index contributed by atoms with van der Waals surface area (Å²) in [5, 5.41) is 5.60. The SMILES string of the molecule is CCCC1NC(c2cccs2)N(CCN(CC)CC)C1=O. The molecule has 0 spiro atoms. The van der Waals surface area contributed by atoms with E-state index in [2.05, 4.69) is 48.5 Å². The van der Waals surface area contributed by atoms with Gasteiger partial charge in [-0.05, 0) is 31.0 Å². The molecule has 1 amide bonds. The van der Waals surface area contributed by atoms with E-state index in [0.717, 1.165) is 39.0 Å². The van der Waals surface area contributed by atoms with E-state index in [1.54, 1.807) is 11.3 Å². The Morgan fingerprint density at radius 3 is 2.67 bits per heavy atom. The van der Waals surface area contributed by atoms with E-state index in [-0.39, 0.29) is 18.1 Å². The molecule has 1 aliphatic heterocycles. The van der Waals surface area contributed by atoms with Crippen molar-refractivity contribution in [2.75, 3.05) is 26.2 Å². The maximum absolute atomic E-state index is 12.6. The third kappa shape index (κ3) is 3.84. The van der Waals surface area contributed by atoms with E-state index in [9.17, 15) is 4.79 Å². The van der Waals surface area contributed by atoms with Crippen LogP contribution in [-0.2, 0) is 4.79 Å². The Hall–Kier alpha value is -0.910. The van der Waals surface area contributed by atoms with Crippen LogP contribution in [-0.4, -0.2) is 47.9 Å². The topological polar surface area (TPSA) is 35.6 Å². The first kappa shape index (κ1) is 16.5. The van der Waals surface area contributed by atoms with Crippen molar-refractivity contribution in [1.82, 2.24) is 15.1 Å². The van der Waals surface area contributed by atoms with Crippen molar-refractivity contribution in [3.63, 3.8) is 0 Å². The fourth-order valence-corrected chi connectivity index (χ4v) is 3.68. The minimum absolute atomic E-state index is 0.0150. The predicted octanol–water partition coefficient (Wildman–Crippen LogP) is 2.69. The summed E-state index contributed by atoms with van der Waals surface area (Å²) in [6.07, 6.45) is 2.01. The molecule has 2 unspecified atom stereocenters. The van der Waals surface area contributed by atoms with Gasteiger partial charge in [-0.25, -0.2) is 0 Å². The molecule has 2 heterocycles. The highest BCUT2D eigenvalue weighted by Gasteiger charge is 2.39. The Balaban J connectivity index is 2.07. The quantitative estimate of drug-likeness (QED) is 0.802. The predicted molar refractivity (Wildman–Crippen MR) is 88.4 cm³/mol. The first-order chi connectivity index (χ1) is 10.2. The second-order valence-corrected chi connectivity index (χ2v) is 6.46. The van der Waals surface area contributed by atoms with Gasteiger partial charge in [0.15, 0.2) is 0 Å². The zero-order chi connectivity index (χ0) is 15.2. The average molecular weight is 309 g/mol. The number of hydrogen-bond acceptors (Lipinski definition) is 4. The minimum atomic E-state index is -0.0150. The number of carbonyl (C=O) groups is 1. The van der Waals surface area contributed by atoms with Crippen LogP contribution in [0.25, 0.3) is 0 Å². The van der Waals surface area contributed by atoms with Crippen molar-refractivity contribution in [1.29, 1.82) is 0 Å². The monoisotopic (exact) mass is 309 g/mol. The molecule has 2 rings (SSSR count). The number of nitrogens with one attached hydrogen (secondary N) is 1. The smallest absolute Gasteiger partial charge is 0.241 e. The first-order valence-electron chi connectivity index (χ1n) is 8.03. The van der Waals surface area contributed by atoms with E-state index >= 15 is 0 Å². The maximum atomic E-state index is 12.6. The van der Waals surface area contributed by atoms with Crippen LogP contribution in [0.1, 0.15) is 44.7 Å². The van der Waals surface area contributed by atoms with Gasteiger partial charge in [-0.1, -0.05) is 33.3 Å². The highest BCUT2D eigenvalue weighted by atomic mass is 32.1. The number of carbonyl (C=O) groups excluding carboxylic acids is 1. The average Bonchev–Trinajstić information content (AvgIpc) is 3.11. The van der Waals surface area contributed by atoms with E-state index < -0.39 is 0 Å². The van der Waals surface area contributed by atoms with Crippen molar-refractivity contribution in [2.24, 2.45) is 0 Å². The van der Waals surface area contributed by atoms with Crippen molar-refractivity contribution in [3.05, 3.63) is 22.4 Å². The van der Waals surface area contributed by atoms with Gasteiger partial charge in [-0.2, -0.15) is 0 Å². The number of hydrogen-bond donors (Lipinski definition) is 1. The highest BCUT2D eigenvalue weighted by Crippen LogP contribution is 2.29. The van der Waals surface area contributed by atoms with Gasteiger partial charge < -0.3 is 9.80 Å². The Morgan fingerprint density at radius 1 is 1.33 bits per heavy atom. The van der Waals surface area contributed by atoms with Crippen LogP contribution in [0.5, 0.6) is 0 Å². The van der Waals surface area contributed by atoms with Crippen LogP contribution < -0.4 is 5.32 Å². The van der Waals surface area contributed by atoms with Crippen LogP contribution in [0.4, 0.5) is 0 Å². The molecule has 1 aromatic heterocycles. The van der Waals surface area contributed by atoms with E-state index in [4.69, 9.17) is 0 Å². The van der Waals surface area contributed by atoms with Gasteiger partial charge in [0.2, 0.25) is 5.91 Å². The summed E-state index contributed by atoms with van der Waals surface area (Å²) < 4.78 is 0. The van der Waals surface area contributed by atoms with Crippen LogP contribution in [0.15, 0.2) is 17.5 Å². The van der Waals surface area contributed by atoms with Gasteiger partial charge in [0.25, 0.3) is 0 Å². The molecule has 0 bridgehead atoms. The molecule has 1 saturated heterocycles. The molecule has 2 atom stereocenters. The summed E-state index contributed by atoms with van der Waals surface area (Å²) in [6.45, 7) is 10.3. The summed E-state index contributed by atoms with van der Waals surface area (Å²) in [5.74, 6) is 0.266. The van der Waals surface area contributed by atoms with Gasteiger partial charge in [0.1, 0.15) is 6.17 Å². The second kappa shape index (κ2) is 7.92. The molecule has 1 N–H and O–H groups in total. The first-order valence-corrected chi connectivity index (χ1v) is 8.91. The third-order valence-corrected chi connectivity index (χ3v) is 5.12. The second-order valence-electron chi connectivity index (χ2n) is 5.48. The molecule has 1 fully saturated rings. The van der Waals surface area contributed by atoms with Crippen LogP contribution in [0.2, 0.25) is 0 Å². The Bertz CT molecular complexity index is 431. The molecule has 1 aliphatic rings. The lowest BCUT2D eigenvalue weighted by Gasteiger charge is -2.27. The fraction of sp³-hybridized carbons (Fsp3) is 0.688. The molecular formula is C16H27N3OS. The van der Waals surface area contributed by atoms with Gasteiger partial charge in [0.05, 0.1) is 6.04 Å². The zero-order valence-corrected chi connectivity index (χ0v) is 14.2. The van der Waals surface area contributed by atoms with Crippen molar-refractivity contribution >= 4 is 17.2 Å². The van der Waals surface area contributed by atoms with Crippen LogP contribution >= 0.6 is 11.3 Å². The molecule has 4 nitrogen and oxygen atoms in total. The summed E-state index contributed by atoms with van der Waals surface area (Å²) in [4.78, 5) is 18.3. The lowest BCUT2D eigenvalue weighted by molar-refractivity contribution is -0.130. The molecule has 0 aromatic carbocycles. The lowest BCUT2D eigenvalue weighted by atomic mass is 10.2. The number of nitrogens with zero attached hydrogens (tertiary/aromatic N) is 2. The third-order valence-electron chi connectivity index (χ3n) is 4.19. The number of thiophene rings is 1. The number of amides is 1. The number of rotatable bonds is 8. The molecule has 0 radical (unpaired) electrons. The molecule has 0 saturated carbocycles. The fourth-order valence-electron chi connectivity index (χ4n) is 2.89. The largest absolute Gasteiger partial charge is 0.319 e. The molecule has 118 valence electrons. The standard InChI is InChI=1S/C16H27N3OS/c1-4-8-13-16(20)19(11-10-18(5-2)6-3)15(17-13)14-9-7-12-21-14/h7,9,12-13,15,17H,4-6,8,10-11H2,1-3H3. The van der Waals surface area contributed by atoms with Crippen molar-refractivity contribution < 1.29 is 4.79 Å². The summed E-state index contributed by atoms with van der Waals surface area (Å²) in [6, 6.07) is 4.16. The molecule has 1 aromatic rings. The van der Waals surface area contributed by atoms with Gasteiger partial charge in [0, 0.05) is 18.0 Å². The highest BCUT2D eigenvalue weighted by molar-refractivity contribution is 7.10. The summed E-state index contributed by atoms with van der Waals surface area (Å²) in [7, 11) is 0. The maximum Gasteiger partial charge on any atom is 0.241 e. The lowest BCUT2D eigenvalue weighted by Crippen LogP contribution is -2.38. The van der Waals surface area contributed by atoms with Crippen LogP contribution in [0.3, 0.4) is 0 Å². The van der Waals surface area contributed by atoms with E-state index in [1.807, 2.05) is 4.90 Å². The van der Waals surface area contributed by atoms with Gasteiger partial charge in [-0.15, -0.1) is 11.3 Å². The van der Waals surface area contributed by atoms with Crippen molar-refractivity contribution in [2.45, 2.75) is 45.8 Å². The summed E-state index contributed by atoms with van der Waals surface area (Å²) >= 11 is 1.72. The summed E-state index contributed by atoms with van der Waals surface area (Å²) in [5.41, 5.74) is 0. The minimum Gasteiger partial charge on any atom is -0.319 e. The number of likely N-dealkylation sites (N-methyl/N-ethyl adjacent to an activating group) is 1.